The molecule has 10 nitrogen and oxygen atoms in total. The molecule has 10 heteroatoms. The first-order valence-corrected chi connectivity index (χ1v) is 11.6. The van der Waals surface area contributed by atoms with Crippen molar-refractivity contribution in [3.05, 3.63) is 81.4 Å². The molecule has 2 aromatic carbocycles. The average Bonchev–Trinajstić information content (AvgIpc) is 2.90. The van der Waals surface area contributed by atoms with Crippen molar-refractivity contribution in [3.63, 3.8) is 0 Å². The standard InChI is InChI=1S/C26H27N5O5/c1-27-24(32)22(25(33)28(2)26(27)34)18-20-17-21(31(35)36)10-11-23(20)30-15-13-29(14-16-30)12-6-9-19-7-4-3-5-8-19/h3-11,17-18H,12-16H2,1-2H3/b9-6+. The molecule has 0 unspecified atom stereocenters. The molecule has 0 spiro atoms. The molecule has 2 fully saturated rings. The van der Waals surface area contributed by atoms with Crippen molar-refractivity contribution >= 4 is 41.4 Å². The normalized spacial score (nSPS) is 17.3. The van der Waals surface area contributed by atoms with Crippen molar-refractivity contribution in [2.75, 3.05) is 51.7 Å². The molecule has 2 heterocycles. The molecule has 4 rings (SSSR count). The van der Waals surface area contributed by atoms with Crippen LogP contribution >= 0.6 is 0 Å². The minimum Gasteiger partial charge on any atom is -0.368 e. The zero-order valence-corrected chi connectivity index (χ0v) is 20.2. The van der Waals surface area contributed by atoms with E-state index in [0.717, 1.165) is 35.0 Å². The number of carbonyl (C=O) groups is 3. The Balaban J connectivity index is 1.54. The predicted octanol–water partition coefficient (Wildman–Crippen LogP) is 2.86. The molecule has 0 bridgehead atoms. The number of nitro benzene ring substituents is 1. The highest BCUT2D eigenvalue weighted by Crippen LogP contribution is 2.30. The molecule has 0 aromatic heterocycles. The van der Waals surface area contributed by atoms with Crippen molar-refractivity contribution in [1.29, 1.82) is 0 Å². The summed E-state index contributed by atoms with van der Waals surface area (Å²) >= 11 is 0. The highest BCUT2D eigenvalue weighted by molar-refractivity contribution is 6.30. The minimum atomic E-state index is -0.740. The molecule has 2 aliphatic heterocycles. The molecular formula is C26H27N5O5. The number of amides is 4. The first kappa shape index (κ1) is 24.8. The molecule has 2 aliphatic rings. The maximum atomic E-state index is 12.7. The highest BCUT2D eigenvalue weighted by Gasteiger charge is 2.38. The Morgan fingerprint density at radius 1 is 0.917 bits per heavy atom. The summed E-state index contributed by atoms with van der Waals surface area (Å²) in [7, 11) is 2.59. The number of non-ortho nitro benzene ring substituents is 1. The Labute approximate surface area is 208 Å². The van der Waals surface area contributed by atoms with E-state index in [1.54, 1.807) is 6.07 Å². The Morgan fingerprint density at radius 3 is 2.17 bits per heavy atom. The first-order valence-electron chi connectivity index (χ1n) is 11.6. The maximum Gasteiger partial charge on any atom is 0.333 e. The lowest BCUT2D eigenvalue weighted by Crippen LogP contribution is -2.53. The van der Waals surface area contributed by atoms with Crippen LogP contribution in [0.2, 0.25) is 0 Å². The Morgan fingerprint density at radius 2 is 1.56 bits per heavy atom. The quantitative estimate of drug-likeness (QED) is 0.266. The van der Waals surface area contributed by atoms with Gasteiger partial charge in [-0.3, -0.25) is 34.4 Å². The lowest BCUT2D eigenvalue weighted by Gasteiger charge is -2.36. The second-order valence-electron chi connectivity index (χ2n) is 8.67. The van der Waals surface area contributed by atoms with E-state index in [4.69, 9.17) is 0 Å². The van der Waals surface area contributed by atoms with Crippen molar-refractivity contribution in [2.24, 2.45) is 0 Å². The van der Waals surface area contributed by atoms with Gasteiger partial charge in [0.1, 0.15) is 5.57 Å². The van der Waals surface area contributed by atoms with Gasteiger partial charge < -0.3 is 4.90 Å². The van der Waals surface area contributed by atoms with Gasteiger partial charge in [-0.15, -0.1) is 0 Å². The number of nitro groups is 1. The topological polar surface area (TPSA) is 107 Å². The van der Waals surface area contributed by atoms with Crippen LogP contribution in [0, 0.1) is 10.1 Å². The smallest absolute Gasteiger partial charge is 0.333 e. The number of anilines is 1. The molecule has 36 heavy (non-hydrogen) atoms. The van der Waals surface area contributed by atoms with Gasteiger partial charge in [-0.2, -0.15) is 0 Å². The van der Waals surface area contributed by atoms with Gasteiger partial charge in [0, 0.05) is 70.2 Å². The zero-order valence-electron chi connectivity index (χ0n) is 20.2. The number of imide groups is 2. The fourth-order valence-electron chi connectivity index (χ4n) is 4.26. The summed E-state index contributed by atoms with van der Waals surface area (Å²) in [6.07, 6.45) is 5.56. The number of rotatable bonds is 6. The molecule has 0 atom stereocenters. The van der Waals surface area contributed by atoms with Crippen LogP contribution in [0.4, 0.5) is 16.2 Å². The first-order chi connectivity index (χ1) is 17.3. The number of piperazine rings is 1. The van der Waals surface area contributed by atoms with Crippen LogP contribution in [0.25, 0.3) is 12.2 Å². The Kier molecular flexibility index (Phi) is 7.25. The van der Waals surface area contributed by atoms with Crippen LogP contribution in [0.1, 0.15) is 11.1 Å². The molecular weight excluding hydrogens is 462 g/mol. The van der Waals surface area contributed by atoms with Crippen LogP contribution in [-0.4, -0.2) is 84.3 Å². The molecule has 0 aliphatic carbocycles. The molecule has 0 radical (unpaired) electrons. The summed E-state index contributed by atoms with van der Waals surface area (Å²) in [4.78, 5) is 54.4. The van der Waals surface area contributed by atoms with Crippen LogP contribution in [0.3, 0.4) is 0 Å². The van der Waals surface area contributed by atoms with E-state index in [1.165, 1.54) is 32.3 Å². The average molecular weight is 490 g/mol. The summed E-state index contributed by atoms with van der Waals surface area (Å²) in [6.45, 7) is 3.71. The van der Waals surface area contributed by atoms with Crippen LogP contribution in [0.5, 0.6) is 0 Å². The van der Waals surface area contributed by atoms with Crippen LogP contribution in [-0.2, 0) is 9.59 Å². The third-order valence-corrected chi connectivity index (χ3v) is 6.35. The number of nitrogens with zero attached hydrogens (tertiary/aromatic N) is 5. The highest BCUT2D eigenvalue weighted by atomic mass is 16.6. The largest absolute Gasteiger partial charge is 0.368 e. The van der Waals surface area contributed by atoms with Gasteiger partial charge >= 0.3 is 6.03 Å². The van der Waals surface area contributed by atoms with Gasteiger partial charge in [0.2, 0.25) is 0 Å². The number of urea groups is 1. The van der Waals surface area contributed by atoms with Gasteiger partial charge in [-0.05, 0) is 17.7 Å². The second kappa shape index (κ2) is 10.5. The summed E-state index contributed by atoms with van der Waals surface area (Å²) in [5.41, 5.74) is 1.85. The van der Waals surface area contributed by atoms with Crippen molar-refractivity contribution < 1.29 is 19.3 Å². The monoisotopic (exact) mass is 489 g/mol. The molecule has 0 saturated carbocycles. The van der Waals surface area contributed by atoms with Crippen LogP contribution in [0.15, 0.2) is 60.2 Å². The maximum absolute atomic E-state index is 12.7. The minimum absolute atomic E-state index is 0.149. The summed E-state index contributed by atoms with van der Waals surface area (Å²) in [5.74, 6) is -1.48. The zero-order chi connectivity index (χ0) is 25.8. The fourth-order valence-corrected chi connectivity index (χ4v) is 4.26. The van der Waals surface area contributed by atoms with Gasteiger partial charge in [0.05, 0.1) is 4.92 Å². The third-order valence-electron chi connectivity index (χ3n) is 6.35. The van der Waals surface area contributed by atoms with Crippen molar-refractivity contribution in [2.45, 2.75) is 0 Å². The second-order valence-corrected chi connectivity index (χ2v) is 8.67. The van der Waals surface area contributed by atoms with Gasteiger partial charge in [0.25, 0.3) is 17.5 Å². The van der Waals surface area contributed by atoms with Crippen molar-refractivity contribution in [1.82, 2.24) is 14.7 Å². The van der Waals surface area contributed by atoms with E-state index in [0.29, 0.717) is 24.3 Å². The van der Waals surface area contributed by atoms with Gasteiger partial charge in [-0.1, -0.05) is 42.5 Å². The predicted molar refractivity (Wildman–Crippen MR) is 136 cm³/mol. The molecule has 0 N–H and O–H groups in total. The van der Waals surface area contributed by atoms with Crippen molar-refractivity contribution in [3.8, 4) is 0 Å². The van der Waals surface area contributed by atoms with Gasteiger partial charge in [-0.25, -0.2) is 4.79 Å². The van der Waals surface area contributed by atoms with E-state index < -0.39 is 22.8 Å². The third kappa shape index (κ3) is 5.18. The Bertz CT molecular complexity index is 1220. The molecule has 2 aromatic rings. The lowest BCUT2D eigenvalue weighted by molar-refractivity contribution is -0.384. The fraction of sp³-hybridized carbons (Fsp3) is 0.269. The van der Waals surface area contributed by atoms with E-state index in [2.05, 4.69) is 22.0 Å². The summed E-state index contributed by atoms with van der Waals surface area (Å²) < 4.78 is 0. The molecule has 4 amide bonds. The van der Waals surface area contributed by atoms with Crippen LogP contribution < -0.4 is 4.90 Å². The molecule has 186 valence electrons. The van der Waals surface area contributed by atoms with E-state index in [1.807, 2.05) is 30.3 Å². The Hall–Kier alpha value is -4.31. The summed E-state index contributed by atoms with van der Waals surface area (Å²) in [6, 6.07) is 13.8. The number of likely N-dealkylation sites (N-methyl/N-ethyl adjacent to an activating group) is 2. The number of carbonyl (C=O) groups excluding carboxylic acids is 3. The number of benzene rings is 2. The number of hydrogen-bond donors (Lipinski definition) is 0. The lowest BCUT2D eigenvalue weighted by atomic mass is 10.0. The van der Waals surface area contributed by atoms with E-state index in [-0.39, 0.29) is 11.3 Å². The van der Waals surface area contributed by atoms with E-state index in [9.17, 15) is 24.5 Å². The molecule has 2 saturated heterocycles. The SMILES string of the molecule is CN1C(=O)C(=Cc2cc([N+](=O)[O-])ccc2N2CCN(C/C=C/c3ccccc3)CC2)C(=O)N(C)C1=O. The number of barbiturate groups is 1. The van der Waals surface area contributed by atoms with Gasteiger partial charge in [0.15, 0.2) is 0 Å². The van der Waals surface area contributed by atoms with E-state index >= 15 is 0 Å². The number of hydrogen-bond acceptors (Lipinski definition) is 7. The summed E-state index contributed by atoms with van der Waals surface area (Å²) in [5, 5.41) is 11.4.